The molecule has 0 aliphatic carbocycles. The van der Waals surface area contributed by atoms with E-state index < -0.39 is 12.6 Å². The lowest BCUT2D eigenvalue weighted by Crippen LogP contribution is -2.35. The van der Waals surface area contributed by atoms with E-state index in [4.69, 9.17) is 9.15 Å². The summed E-state index contributed by atoms with van der Waals surface area (Å²) < 4.78 is 10.6. The highest BCUT2D eigenvalue weighted by Crippen LogP contribution is 2.23. The summed E-state index contributed by atoms with van der Waals surface area (Å²) in [5, 5.41) is 9.90. The monoisotopic (exact) mass is 387 g/mol. The maximum absolute atomic E-state index is 12.4. The molecule has 9 nitrogen and oxygen atoms in total. The number of hydrogen-bond acceptors (Lipinski definition) is 9. The molecule has 0 aromatic carbocycles. The molecule has 0 saturated heterocycles. The van der Waals surface area contributed by atoms with Gasteiger partial charge in [0.05, 0.1) is 17.6 Å². The Hall–Kier alpha value is -3.14. The first-order chi connectivity index (χ1) is 13.2. The summed E-state index contributed by atoms with van der Waals surface area (Å²) in [5.41, 5.74) is 0.0461. The number of hydrogen-bond donors (Lipinski definition) is 0. The zero-order valence-corrected chi connectivity index (χ0v) is 15.4. The van der Waals surface area contributed by atoms with Gasteiger partial charge in [-0.15, -0.1) is 21.5 Å². The van der Waals surface area contributed by atoms with Crippen LogP contribution in [0.25, 0.3) is 10.8 Å². The Labute approximate surface area is 159 Å². The number of carbonyl (C=O) groups is 2. The van der Waals surface area contributed by atoms with Crippen molar-refractivity contribution >= 4 is 23.2 Å². The number of aromatic nitrogens is 4. The quantitative estimate of drug-likeness (QED) is 0.541. The molecule has 3 heterocycles. The summed E-state index contributed by atoms with van der Waals surface area (Å²) in [7, 11) is 0. The van der Waals surface area contributed by atoms with Crippen molar-refractivity contribution in [2.75, 3.05) is 13.2 Å². The van der Waals surface area contributed by atoms with Crippen LogP contribution in [0.1, 0.15) is 29.7 Å². The number of esters is 1. The molecule has 0 saturated carbocycles. The van der Waals surface area contributed by atoms with E-state index in [9.17, 15) is 9.59 Å². The van der Waals surface area contributed by atoms with Crippen LogP contribution >= 0.6 is 11.3 Å². The van der Waals surface area contributed by atoms with Gasteiger partial charge < -0.3 is 14.1 Å². The first-order valence-electron chi connectivity index (χ1n) is 8.24. The van der Waals surface area contributed by atoms with Gasteiger partial charge in [-0.25, -0.2) is 9.78 Å². The van der Waals surface area contributed by atoms with Crippen molar-refractivity contribution in [3.8, 4) is 10.8 Å². The standard InChI is InChI=1S/C17H17N5O4S/c1-2-7-22(10-14-20-21-16(26-14)13-4-3-8-27-13)15(23)11-25-17(24)12-9-18-5-6-19-12/h3-6,8-9H,2,7,10-11H2,1H3. The second-order valence-corrected chi connectivity index (χ2v) is 6.41. The average molecular weight is 387 g/mol. The van der Waals surface area contributed by atoms with E-state index in [1.807, 2.05) is 24.4 Å². The zero-order chi connectivity index (χ0) is 19.1. The summed E-state index contributed by atoms with van der Waals surface area (Å²) in [6.45, 7) is 2.16. The SMILES string of the molecule is CCCN(Cc1nnc(-c2cccs2)o1)C(=O)COC(=O)c1cnccn1. The Morgan fingerprint density at radius 1 is 1.30 bits per heavy atom. The van der Waals surface area contributed by atoms with Gasteiger partial charge in [0.25, 0.3) is 11.8 Å². The largest absolute Gasteiger partial charge is 0.451 e. The molecule has 3 aromatic heterocycles. The van der Waals surface area contributed by atoms with Crippen LogP contribution in [0.4, 0.5) is 0 Å². The Balaban J connectivity index is 1.59. The molecular weight excluding hydrogens is 370 g/mol. The molecule has 27 heavy (non-hydrogen) atoms. The van der Waals surface area contributed by atoms with E-state index in [0.717, 1.165) is 11.3 Å². The van der Waals surface area contributed by atoms with Gasteiger partial charge in [0, 0.05) is 18.9 Å². The smallest absolute Gasteiger partial charge is 0.359 e. The fraction of sp³-hybridized carbons (Fsp3) is 0.294. The Kier molecular flexibility index (Phi) is 6.21. The second-order valence-electron chi connectivity index (χ2n) is 5.46. The van der Waals surface area contributed by atoms with Crippen LogP contribution in [0, 0.1) is 0 Å². The molecule has 10 heteroatoms. The average Bonchev–Trinajstić information content (AvgIpc) is 3.38. The van der Waals surface area contributed by atoms with Gasteiger partial charge in [-0.1, -0.05) is 13.0 Å². The van der Waals surface area contributed by atoms with Crippen molar-refractivity contribution in [2.45, 2.75) is 19.9 Å². The predicted molar refractivity (Wildman–Crippen MR) is 95.6 cm³/mol. The van der Waals surface area contributed by atoms with Crippen LogP contribution in [0.3, 0.4) is 0 Å². The molecule has 0 bridgehead atoms. The number of carbonyl (C=O) groups excluding carboxylic acids is 2. The summed E-state index contributed by atoms with van der Waals surface area (Å²) in [6.07, 6.45) is 4.83. The molecule has 0 N–H and O–H groups in total. The lowest BCUT2D eigenvalue weighted by atomic mass is 10.4. The number of thiophene rings is 1. The molecule has 0 aliphatic rings. The van der Waals surface area contributed by atoms with E-state index >= 15 is 0 Å². The van der Waals surface area contributed by atoms with Crippen molar-refractivity contribution < 1.29 is 18.7 Å². The van der Waals surface area contributed by atoms with Crippen molar-refractivity contribution in [1.29, 1.82) is 0 Å². The van der Waals surface area contributed by atoms with Crippen LogP contribution < -0.4 is 0 Å². The van der Waals surface area contributed by atoms with E-state index in [1.165, 1.54) is 34.8 Å². The lowest BCUT2D eigenvalue weighted by Gasteiger charge is -2.19. The summed E-state index contributed by atoms with van der Waals surface area (Å²) in [6, 6.07) is 3.77. The van der Waals surface area contributed by atoms with Crippen molar-refractivity contribution in [3.05, 3.63) is 47.7 Å². The molecule has 0 atom stereocenters. The second kappa shape index (κ2) is 8.99. The molecule has 140 valence electrons. The van der Waals surface area contributed by atoms with Crippen LogP contribution in [-0.2, 0) is 16.1 Å². The fourth-order valence-corrected chi connectivity index (χ4v) is 2.88. The third-order valence-corrected chi connectivity index (χ3v) is 4.33. The number of rotatable bonds is 8. The summed E-state index contributed by atoms with van der Waals surface area (Å²) in [5.74, 6) is -0.325. The third-order valence-electron chi connectivity index (χ3n) is 3.47. The summed E-state index contributed by atoms with van der Waals surface area (Å²) in [4.78, 5) is 34.3. The topological polar surface area (TPSA) is 111 Å². The molecule has 3 aromatic rings. The van der Waals surface area contributed by atoms with Gasteiger partial charge in [0.2, 0.25) is 5.89 Å². The molecule has 1 amide bonds. The van der Waals surface area contributed by atoms with E-state index in [-0.39, 0.29) is 18.1 Å². The number of ether oxygens (including phenoxy) is 1. The Bertz CT molecular complexity index is 882. The Morgan fingerprint density at radius 3 is 2.89 bits per heavy atom. The summed E-state index contributed by atoms with van der Waals surface area (Å²) >= 11 is 1.49. The molecule has 0 unspecified atom stereocenters. The normalized spacial score (nSPS) is 10.6. The van der Waals surface area contributed by atoms with Crippen molar-refractivity contribution in [2.24, 2.45) is 0 Å². The maximum atomic E-state index is 12.4. The first kappa shape index (κ1) is 18.6. The van der Waals surface area contributed by atoms with Gasteiger partial charge in [0.15, 0.2) is 12.3 Å². The predicted octanol–water partition coefficient (Wildman–Crippen LogP) is 2.18. The van der Waals surface area contributed by atoms with Gasteiger partial charge in [-0.05, 0) is 17.9 Å². The molecule has 0 radical (unpaired) electrons. The molecular formula is C17H17N5O4S. The zero-order valence-electron chi connectivity index (χ0n) is 14.6. The molecule has 3 rings (SSSR count). The van der Waals surface area contributed by atoms with Crippen molar-refractivity contribution in [3.63, 3.8) is 0 Å². The molecule has 0 fully saturated rings. The lowest BCUT2D eigenvalue weighted by molar-refractivity contribution is -0.135. The first-order valence-corrected chi connectivity index (χ1v) is 9.12. The third kappa shape index (κ3) is 4.94. The number of nitrogens with zero attached hydrogens (tertiary/aromatic N) is 5. The van der Waals surface area contributed by atoms with E-state index in [0.29, 0.717) is 18.3 Å². The van der Waals surface area contributed by atoms with Gasteiger partial charge >= 0.3 is 5.97 Å². The Morgan fingerprint density at radius 2 is 2.19 bits per heavy atom. The van der Waals surface area contributed by atoms with Gasteiger partial charge in [-0.3, -0.25) is 9.78 Å². The van der Waals surface area contributed by atoms with Gasteiger partial charge in [0.1, 0.15) is 0 Å². The van der Waals surface area contributed by atoms with E-state index in [2.05, 4.69) is 20.2 Å². The van der Waals surface area contributed by atoms with Crippen LogP contribution in [0.15, 0.2) is 40.5 Å². The minimum absolute atomic E-state index is 0.0461. The minimum Gasteiger partial charge on any atom is -0.451 e. The highest BCUT2D eigenvalue weighted by molar-refractivity contribution is 7.13. The molecule has 0 spiro atoms. The number of amides is 1. The minimum atomic E-state index is -0.703. The highest BCUT2D eigenvalue weighted by Gasteiger charge is 2.20. The highest BCUT2D eigenvalue weighted by atomic mass is 32.1. The van der Waals surface area contributed by atoms with Crippen LogP contribution in [0.5, 0.6) is 0 Å². The fourth-order valence-electron chi connectivity index (χ4n) is 2.24. The van der Waals surface area contributed by atoms with E-state index in [1.54, 1.807) is 0 Å². The van der Waals surface area contributed by atoms with Crippen LogP contribution in [0.2, 0.25) is 0 Å². The van der Waals surface area contributed by atoms with Crippen molar-refractivity contribution in [1.82, 2.24) is 25.1 Å². The van der Waals surface area contributed by atoms with Crippen LogP contribution in [-0.4, -0.2) is 50.1 Å². The maximum Gasteiger partial charge on any atom is 0.359 e. The van der Waals surface area contributed by atoms with Gasteiger partial charge in [-0.2, -0.15) is 0 Å². The molecule has 0 aliphatic heterocycles.